The van der Waals surface area contributed by atoms with Crippen LogP contribution in [0.15, 0.2) is 53.7 Å². The van der Waals surface area contributed by atoms with Crippen molar-refractivity contribution in [3.63, 3.8) is 0 Å². The number of sulfonamides is 1. The van der Waals surface area contributed by atoms with Gasteiger partial charge in [-0.05, 0) is 31.0 Å². The number of benzene rings is 1. The van der Waals surface area contributed by atoms with Crippen molar-refractivity contribution in [2.75, 3.05) is 31.0 Å². The van der Waals surface area contributed by atoms with Crippen molar-refractivity contribution in [1.82, 2.24) is 15.2 Å². The largest absolute Gasteiger partial charge is 0.352 e. The van der Waals surface area contributed by atoms with Crippen molar-refractivity contribution < 1.29 is 18.0 Å². The number of likely N-dealkylation sites (tertiary alicyclic amines) is 1. The summed E-state index contributed by atoms with van der Waals surface area (Å²) in [6.45, 7) is 1.82. The lowest BCUT2D eigenvalue weighted by atomic mass is 10.2. The fourth-order valence-corrected chi connectivity index (χ4v) is 4.32. The molecule has 2 aromatic rings. The van der Waals surface area contributed by atoms with E-state index in [9.17, 15) is 18.0 Å². The van der Waals surface area contributed by atoms with Gasteiger partial charge in [0.25, 0.3) is 15.9 Å². The number of carbonyl (C=O) groups excluding carboxylic acids is 2. The number of rotatable bonds is 8. The second-order valence-corrected chi connectivity index (χ2v) is 8.78. The van der Waals surface area contributed by atoms with E-state index >= 15 is 0 Å². The van der Waals surface area contributed by atoms with Gasteiger partial charge in [-0.25, -0.2) is 8.42 Å². The molecule has 1 aromatic heterocycles. The highest BCUT2D eigenvalue weighted by molar-refractivity contribution is 7.92. The average Bonchev–Trinajstić information content (AvgIpc) is 3.16. The van der Waals surface area contributed by atoms with Crippen LogP contribution in [0.3, 0.4) is 0 Å². The lowest BCUT2D eigenvalue weighted by Crippen LogP contribution is -2.31. The highest BCUT2D eigenvalue weighted by Gasteiger charge is 2.22. The topological polar surface area (TPSA) is 99.7 Å². The molecule has 9 heteroatoms. The van der Waals surface area contributed by atoms with Gasteiger partial charge in [0.1, 0.15) is 0 Å². The van der Waals surface area contributed by atoms with Crippen molar-refractivity contribution in [3.8, 4) is 0 Å². The van der Waals surface area contributed by atoms with Crippen LogP contribution in [-0.4, -0.2) is 56.8 Å². The Labute approximate surface area is 170 Å². The third kappa shape index (κ3) is 4.92. The number of aromatic nitrogens is 1. The normalized spacial score (nSPS) is 14.1. The standard InChI is InChI=1S/C20H24N4O4S/c1-23(29(27,28)18-7-3-2-4-8-18)17-13-16(14-21-15-17)20(26)22-10-6-12-24-11-5-9-19(24)25/h2-4,7-8,13-15H,5-6,9-12H2,1H3,(H,22,26). The molecule has 2 amide bonds. The summed E-state index contributed by atoms with van der Waals surface area (Å²) in [5.74, 6) is -0.173. The quantitative estimate of drug-likeness (QED) is 0.660. The van der Waals surface area contributed by atoms with E-state index in [1.807, 2.05) is 0 Å². The Bertz CT molecular complexity index is 979. The van der Waals surface area contributed by atoms with Crippen molar-refractivity contribution in [1.29, 1.82) is 0 Å². The minimum absolute atomic E-state index is 0.161. The number of pyridine rings is 1. The van der Waals surface area contributed by atoms with E-state index in [4.69, 9.17) is 0 Å². The van der Waals surface area contributed by atoms with Gasteiger partial charge in [-0.1, -0.05) is 18.2 Å². The average molecular weight is 417 g/mol. The molecule has 0 radical (unpaired) electrons. The Hall–Kier alpha value is -2.94. The van der Waals surface area contributed by atoms with Crippen LogP contribution in [0.1, 0.15) is 29.6 Å². The maximum Gasteiger partial charge on any atom is 0.264 e. The summed E-state index contributed by atoms with van der Waals surface area (Å²) in [6, 6.07) is 9.57. The Morgan fingerprint density at radius 2 is 2.00 bits per heavy atom. The number of hydrogen-bond donors (Lipinski definition) is 1. The SMILES string of the molecule is CN(c1cncc(C(=O)NCCCN2CCCC2=O)c1)S(=O)(=O)c1ccccc1. The molecule has 29 heavy (non-hydrogen) atoms. The molecule has 1 fully saturated rings. The molecule has 0 spiro atoms. The first-order valence-electron chi connectivity index (χ1n) is 9.44. The van der Waals surface area contributed by atoms with Gasteiger partial charge in [0.2, 0.25) is 5.91 Å². The highest BCUT2D eigenvalue weighted by Crippen LogP contribution is 2.22. The Morgan fingerprint density at radius 1 is 1.24 bits per heavy atom. The Kier molecular flexibility index (Phi) is 6.48. The fourth-order valence-electron chi connectivity index (χ4n) is 3.13. The lowest BCUT2D eigenvalue weighted by molar-refractivity contribution is -0.127. The van der Waals surface area contributed by atoms with Crippen LogP contribution in [0.2, 0.25) is 0 Å². The van der Waals surface area contributed by atoms with Crippen LogP contribution in [0.25, 0.3) is 0 Å². The van der Waals surface area contributed by atoms with Crippen LogP contribution < -0.4 is 9.62 Å². The van der Waals surface area contributed by atoms with Gasteiger partial charge in [0.15, 0.2) is 0 Å². The monoisotopic (exact) mass is 416 g/mol. The number of hydrogen-bond acceptors (Lipinski definition) is 5. The molecular formula is C20H24N4O4S. The molecular weight excluding hydrogens is 392 g/mol. The molecule has 1 aliphatic heterocycles. The predicted octanol–water partition coefficient (Wildman–Crippen LogP) is 1.65. The van der Waals surface area contributed by atoms with E-state index in [-0.39, 0.29) is 22.3 Å². The first-order chi connectivity index (χ1) is 13.9. The van der Waals surface area contributed by atoms with E-state index in [0.717, 1.165) is 17.3 Å². The summed E-state index contributed by atoms with van der Waals surface area (Å²) >= 11 is 0. The second kappa shape index (κ2) is 9.04. The summed E-state index contributed by atoms with van der Waals surface area (Å²) in [5.41, 5.74) is 0.569. The summed E-state index contributed by atoms with van der Waals surface area (Å²) in [4.78, 5) is 30.0. The molecule has 1 aliphatic rings. The molecule has 2 heterocycles. The van der Waals surface area contributed by atoms with Gasteiger partial charge in [-0.2, -0.15) is 0 Å². The van der Waals surface area contributed by atoms with Gasteiger partial charge in [-0.15, -0.1) is 0 Å². The second-order valence-electron chi connectivity index (χ2n) is 6.81. The number of nitrogens with zero attached hydrogens (tertiary/aromatic N) is 3. The summed E-state index contributed by atoms with van der Waals surface area (Å²) in [7, 11) is -2.32. The molecule has 3 rings (SSSR count). The zero-order chi connectivity index (χ0) is 20.9. The molecule has 0 bridgehead atoms. The maximum absolute atomic E-state index is 12.7. The number of anilines is 1. The zero-order valence-electron chi connectivity index (χ0n) is 16.2. The first kappa shape index (κ1) is 20.8. The molecule has 154 valence electrons. The minimum atomic E-state index is -3.75. The van der Waals surface area contributed by atoms with E-state index in [1.165, 1.54) is 37.6 Å². The summed E-state index contributed by atoms with van der Waals surface area (Å²) < 4.78 is 26.6. The molecule has 0 aliphatic carbocycles. The van der Waals surface area contributed by atoms with Gasteiger partial charge in [0.05, 0.1) is 22.3 Å². The number of amides is 2. The summed E-state index contributed by atoms with van der Waals surface area (Å²) in [5, 5.41) is 2.79. The molecule has 8 nitrogen and oxygen atoms in total. The van der Waals surface area contributed by atoms with Crippen molar-refractivity contribution >= 4 is 27.5 Å². The molecule has 0 saturated carbocycles. The van der Waals surface area contributed by atoms with E-state index in [0.29, 0.717) is 31.6 Å². The van der Waals surface area contributed by atoms with E-state index < -0.39 is 10.0 Å². The third-order valence-electron chi connectivity index (χ3n) is 4.81. The van der Waals surface area contributed by atoms with Crippen LogP contribution in [0.5, 0.6) is 0 Å². The number of nitrogens with one attached hydrogen (secondary N) is 1. The lowest BCUT2D eigenvalue weighted by Gasteiger charge is -2.19. The fraction of sp³-hybridized carbons (Fsp3) is 0.350. The van der Waals surface area contributed by atoms with Crippen molar-refractivity contribution in [2.45, 2.75) is 24.2 Å². The molecule has 0 unspecified atom stereocenters. The predicted molar refractivity (Wildman–Crippen MR) is 109 cm³/mol. The molecule has 1 aromatic carbocycles. The maximum atomic E-state index is 12.7. The molecule has 1 N–H and O–H groups in total. The van der Waals surface area contributed by atoms with Gasteiger partial charge >= 0.3 is 0 Å². The molecule has 0 atom stereocenters. The zero-order valence-corrected chi connectivity index (χ0v) is 17.1. The first-order valence-corrected chi connectivity index (χ1v) is 10.9. The Balaban J connectivity index is 1.61. The summed E-state index contributed by atoms with van der Waals surface area (Å²) in [6.07, 6.45) is 4.95. The van der Waals surface area contributed by atoms with Gasteiger partial charge in [0, 0.05) is 39.3 Å². The van der Waals surface area contributed by atoms with Crippen LogP contribution in [0.4, 0.5) is 5.69 Å². The minimum Gasteiger partial charge on any atom is -0.352 e. The van der Waals surface area contributed by atoms with Crippen LogP contribution in [0, 0.1) is 0 Å². The van der Waals surface area contributed by atoms with Crippen LogP contribution >= 0.6 is 0 Å². The smallest absolute Gasteiger partial charge is 0.264 e. The van der Waals surface area contributed by atoms with Crippen molar-refractivity contribution in [2.24, 2.45) is 0 Å². The number of carbonyl (C=O) groups is 2. The van der Waals surface area contributed by atoms with Gasteiger partial charge < -0.3 is 10.2 Å². The van der Waals surface area contributed by atoms with Crippen LogP contribution in [-0.2, 0) is 14.8 Å². The van der Waals surface area contributed by atoms with Gasteiger partial charge in [-0.3, -0.25) is 18.9 Å². The van der Waals surface area contributed by atoms with E-state index in [2.05, 4.69) is 10.3 Å². The highest BCUT2D eigenvalue weighted by atomic mass is 32.2. The third-order valence-corrected chi connectivity index (χ3v) is 6.61. The molecule has 1 saturated heterocycles. The van der Waals surface area contributed by atoms with E-state index in [1.54, 1.807) is 23.1 Å². The Morgan fingerprint density at radius 3 is 2.69 bits per heavy atom. The van der Waals surface area contributed by atoms with Crippen molar-refractivity contribution in [3.05, 3.63) is 54.4 Å².